The van der Waals surface area contributed by atoms with Gasteiger partial charge in [0.15, 0.2) is 0 Å². The van der Waals surface area contributed by atoms with Crippen molar-refractivity contribution >= 4 is 11.6 Å². The number of benzene rings is 1. The van der Waals surface area contributed by atoms with E-state index in [0.717, 1.165) is 16.7 Å². The van der Waals surface area contributed by atoms with Crippen molar-refractivity contribution in [1.82, 2.24) is 5.32 Å². The Hall–Kier alpha value is -0.730. The first-order valence-electron chi connectivity index (χ1n) is 7.75. The molecule has 112 valence electrons. The van der Waals surface area contributed by atoms with E-state index >= 15 is 0 Å². The van der Waals surface area contributed by atoms with E-state index in [2.05, 4.69) is 5.32 Å². The Morgan fingerprint density at radius 1 is 1.25 bits per heavy atom. The van der Waals surface area contributed by atoms with E-state index in [1.807, 2.05) is 25.2 Å². The molecule has 1 aromatic carbocycles. The molecule has 2 nitrogen and oxygen atoms in total. The van der Waals surface area contributed by atoms with Crippen molar-refractivity contribution in [2.75, 3.05) is 14.2 Å². The molecule has 1 aliphatic rings. The molecule has 0 amide bonds. The second-order valence-corrected chi connectivity index (χ2v) is 6.26. The van der Waals surface area contributed by atoms with Gasteiger partial charge in [-0.05, 0) is 37.6 Å². The van der Waals surface area contributed by atoms with E-state index in [1.54, 1.807) is 7.11 Å². The van der Waals surface area contributed by atoms with Crippen molar-refractivity contribution in [3.63, 3.8) is 0 Å². The van der Waals surface area contributed by atoms with Gasteiger partial charge in [-0.3, -0.25) is 0 Å². The molecule has 0 bridgehead atoms. The summed E-state index contributed by atoms with van der Waals surface area (Å²) in [4.78, 5) is 0. The van der Waals surface area contributed by atoms with Crippen LogP contribution in [0.15, 0.2) is 18.2 Å². The molecule has 0 radical (unpaired) electrons. The van der Waals surface area contributed by atoms with Gasteiger partial charge in [-0.1, -0.05) is 50.1 Å². The quantitative estimate of drug-likeness (QED) is 0.774. The van der Waals surface area contributed by atoms with Gasteiger partial charge in [-0.15, -0.1) is 0 Å². The van der Waals surface area contributed by atoms with Crippen LogP contribution in [0.1, 0.15) is 56.6 Å². The number of hydrogen-bond acceptors (Lipinski definition) is 2. The molecule has 1 saturated carbocycles. The largest absolute Gasteiger partial charge is 0.496 e. The summed E-state index contributed by atoms with van der Waals surface area (Å²) in [6.07, 6.45) is 9.47. The zero-order valence-electron chi connectivity index (χ0n) is 12.6. The number of ether oxygens (including phenoxy) is 1. The normalized spacial score (nSPS) is 18.6. The first-order valence-corrected chi connectivity index (χ1v) is 8.13. The smallest absolute Gasteiger partial charge is 0.123 e. The van der Waals surface area contributed by atoms with Gasteiger partial charge in [-0.2, -0.15) is 0 Å². The number of methoxy groups -OCH3 is 1. The summed E-state index contributed by atoms with van der Waals surface area (Å²) in [6, 6.07) is 6.22. The summed E-state index contributed by atoms with van der Waals surface area (Å²) >= 11 is 6.16. The van der Waals surface area contributed by atoms with Crippen molar-refractivity contribution in [2.45, 2.75) is 51.0 Å². The van der Waals surface area contributed by atoms with Gasteiger partial charge in [-0.25, -0.2) is 0 Å². The Morgan fingerprint density at radius 2 is 1.95 bits per heavy atom. The number of halogens is 1. The van der Waals surface area contributed by atoms with Crippen LogP contribution < -0.4 is 10.1 Å². The molecule has 1 unspecified atom stereocenters. The summed E-state index contributed by atoms with van der Waals surface area (Å²) < 4.78 is 5.50. The SMILES string of the molecule is CNC(CC1CCCCCC1)c1cc(Cl)ccc1OC. The summed E-state index contributed by atoms with van der Waals surface area (Å²) in [5, 5.41) is 4.23. The molecule has 1 N–H and O–H groups in total. The Morgan fingerprint density at radius 3 is 2.55 bits per heavy atom. The lowest BCUT2D eigenvalue weighted by Crippen LogP contribution is -2.20. The van der Waals surface area contributed by atoms with Crippen LogP contribution in [0.3, 0.4) is 0 Å². The van der Waals surface area contributed by atoms with Crippen LogP contribution in [0.5, 0.6) is 5.75 Å². The zero-order valence-corrected chi connectivity index (χ0v) is 13.4. The second kappa shape index (κ2) is 7.90. The summed E-state index contributed by atoms with van der Waals surface area (Å²) in [5.74, 6) is 1.75. The molecule has 1 fully saturated rings. The van der Waals surface area contributed by atoms with Gasteiger partial charge in [0, 0.05) is 16.6 Å². The third-order valence-corrected chi connectivity index (χ3v) is 4.69. The number of nitrogens with one attached hydrogen (secondary N) is 1. The lowest BCUT2D eigenvalue weighted by atomic mass is 9.89. The van der Waals surface area contributed by atoms with Crippen molar-refractivity contribution in [3.05, 3.63) is 28.8 Å². The van der Waals surface area contributed by atoms with E-state index in [1.165, 1.54) is 50.5 Å². The minimum Gasteiger partial charge on any atom is -0.496 e. The average molecular weight is 296 g/mol. The van der Waals surface area contributed by atoms with Gasteiger partial charge in [0.05, 0.1) is 7.11 Å². The van der Waals surface area contributed by atoms with Crippen LogP contribution in [-0.2, 0) is 0 Å². The van der Waals surface area contributed by atoms with Crippen molar-refractivity contribution in [2.24, 2.45) is 5.92 Å². The molecular weight excluding hydrogens is 270 g/mol. The first-order chi connectivity index (χ1) is 9.74. The lowest BCUT2D eigenvalue weighted by molar-refractivity contribution is 0.353. The fourth-order valence-corrected chi connectivity index (χ4v) is 3.49. The molecule has 0 aliphatic heterocycles. The van der Waals surface area contributed by atoms with E-state index in [-0.39, 0.29) is 0 Å². The first kappa shape index (κ1) is 15.7. The van der Waals surface area contributed by atoms with Gasteiger partial charge in [0.25, 0.3) is 0 Å². The molecule has 0 aromatic heterocycles. The van der Waals surface area contributed by atoms with Gasteiger partial charge >= 0.3 is 0 Å². The Balaban J connectivity index is 2.12. The molecule has 1 aromatic rings. The third kappa shape index (κ3) is 4.13. The fraction of sp³-hybridized carbons (Fsp3) is 0.647. The molecule has 20 heavy (non-hydrogen) atoms. The van der Waals surface area contributed by atoms with E-state index < -0.39 is 0 Å². The maximum atomic E-state index is 6.16. The van der Waals surface area contributed by atoms with Gasteiger partial charge in [0.1, 0.15) is 5.75 Å². The highest BCUT2D eigenvalue weighted by Crippen LogP contribution is 2.35. The Labute approximate surface area is 127 Å². The Bertz CT molecular complexity index is 413. The van der Waals surface area contributed by atoms with Gasteiger partial charge in [0.2, 0.25) is 0 Å². The molecule has 3 heteroatoms. The average Bonchev–Trinajstić information content (AvgIpc) is 2.73. The van der Waals surface area contributed by atoms with Gasteiger partial charge < -0.3 is 10.1 Å². The monoisotopic (exact) mass is 295 g/mol. The topological polar surface area (TPSA) is 21.3 Å². The lowest BCUT2D eigenvalue weighted by Gasteiger charge is -2.24. The number of hydrogen-bond donors (Lipinski definition) is 1. The van der Waals surface area contributed by atoms with Crippen LogP contribution in [0.2, 0.25) is 5.02 Å². The van der Waals surface area contributed by atoms with Crippen LogP contribution >= 0.6 is 11.6 Å². The standard InChI is InChI=1S/C17H26ClNO/c1-19-16(11-13-7-5-3-4-6-8-13)15-12-14(18)9-10-17(15)20-2/h9-10,12-13,16,19H,3-8,11H2,1-2H3. The predicted octanol–water partition coefficient (Wildman–Crippen LogP) is 4.97. The van der Waals surface area contributed by atoms with E-state index in [9.17, 15) is 0 Å². The fourth-order valence-electron chi connectivity index (χ4n) is 3.31. The maximum absolute atomic E-state index is 6.16. The van der Waals surface area contributed by atoms with E-state index in [0.29, 0.717) is 6.04 Å². The Kier molecular flexibility index (Phi) is 6.18. The number of rotatable bonds is 5. The third-order valence-electron chi connectivity index (χ3n) is 4.46. The highest BCUT2D eigenvalue weighted by atomic mass is 35.5. The van der Waals surface area contributed by atoms with Crippen molar-refractivity contribution < 1.29 is 4.74 Å². The second-order valence-electron chi connectivity index (χ2n) is 5.82. The van der Waals surface area contributed by atoms with Crippen molar-refractivity contribution in [1.29, 1.82) is 0 Å². The molecular formula is C17H26ClNO. The molecule has 1 aliphatic carbocycles. The minimum absolute atomic E-state index is 0.326. The predicted molar refractivity (Wildman–Crippen MR) is 85.6 cm³/mol. The molecule has 1 atom stereocenters. The van der Waals surface area contributed by atoms with Crippen LogP contribution in [-0.4, -0.2) is 14.2 Å². The summed E-state index contributed by atoms with van der Waals surface area (Å²) in [7, 11) is 3.76. The van der Waals surface area contributed by atoms with E-state index in [4.69, 9.17) is 16.3 Å². The van der Waals surface area contributed by atoms with Crippen molar-refractivity contribution in [3.8, 4) is 5.75 Å². The van der Waals surface area contributed by atoms with Crippen LogP contribution in [0.4, 0.5) is 0 Å². The molecule has 0 spiro atoms. The molecule has 2 rings (SSSR count). The molecule has 0 saturated heterocycles. The minimum atomic E-state index is 0.326. The highest BCUT2D eigenvalue weighted by molar-refractivity contribution is 6.30. The maximum Gasteiger partial charge on any atom is 0.123 e. The summed E-state index contributed by atoms with van der Waals surface area (Å²) in [6.45, 7) is 0. The van der Waals surface area contributed by atoms with Crippen LogP contribution in [0, 0.1) is 5.92 Å². The zero-order chi connectivity index (χ0) is 14.4. The van der Waals surface area contributed by atoms with Crippen LogP contribution in [0.25, 0.3) is 0 Å². The summed E-state index contributed by atoms with van der Waals surface area (Å²) in [5.41, 5.74) is 1.19. The molecule has 0 heterocycles. The highest BCUT2D eigenvalue weighted by Gasteiger charge is 2.21.